The minimum Gasteiger partial charge on any atom is -0.380 e. The van der Waals surface area contributed by atoms with E-state index in [0.29, 0.717) is 11.5 Å². The molecule has 2 nitrogen and oxygen atoms in total. The van der Waals surface area contributed by atoms with Crippen LogP contribution in [0.1, 0.15) is 32.8 Å². The number of para-hydroxylation sites is 1. The molecular formula is C18H26N2. The zero-order valence-electron chi connectivity index (χ0n) is 12.9. The first kappa shape index (κ1) is 13.7. The molecule has 2 aliphatic rings. The summed E-state index contributed by atoms with van der Waals surface area (Å²) in [5.74, 6) is 0. The van der Waals surface area contributed by atoms with Crippen molar-refractivity contribution >= 4 is 5.69 Å². The van der Waals surface area contributed by atoms with Gasteiger partial charge in [-0.2, -0.15) is 0 Å². The SMILES string of the molecule is CC(C)(C)C1=CCN(CC2Cc3ccccc3N2)CC1. The highest BCUT2D eigenvalue weighted by molar-refractivity contribution is 5.56. The molecule has 0 fully saturated rings. The normalized spacial score (nSPS) is 23.1. The molecule has 108 valence electrons. The second-order valence-electron chi connectivity index (χ2n) is 7.19. The maximum Gasteiger partial charge on any atom is 0.0429 e. The van der Waals surface area contributed by atoms with Crippen LogP contribution in [0, 0.1) is 5.41 Å². The Morgan fingerprint density at radius 3 is 2.70 bits per heavy atom. The lowest BCUT2D eigenvalue weighted by molar-refractivity contribution is 0.269. The zero-order valence-corrected chi connectivity index (χ0v) is 12.9. The predicted octanol–water partition coefficient (Wildman–Crippen LogP) is 3.70. The Kier molecular flexibility index (Phi) is 3.59. The van der Waals surface area contributed by atoms with E-state index in [1.807, 2.05) is 0 Å². The van der Waals surface area contributed by atoms with Gasteiger partial charge in [0.25, 0.3) is 0 Å². The molecule has 1 aromatic rings. The van der Waals surface area contributed by atoms with Gasteiger partial charge in [-0.3, -0.25) is 4.90 Å². The Balaban J connectivity index is 1.56. The molecule has 0 bridgehead atoms. The van der Waals surface area contributed by atoms with Gasteiger partial charge in [-0.05, 0) is 29.9 Å². The van der Waals surface area contributed by atoms with E-state index >= 15 is 0 Å². The molecule has 2 heterocycles. The Hall–Kier alpha value is -1.28. The highest BCUT2D eigenvalue weighted by atomic mass is 15.2. The van der Waals surface area contributed by atoms with E-state index in [-0.39, 0.29) is 0 Å². The molecule has 0 radical (unpaired) electrons. The topological polar surface area (TPSA) is 15.3 Å². The van der Waals surface area contributed by atoms with Crippen LogP contribution >= 0.6 is 0 Å². The van der Waals surface area contributed by atoms with E-state index in [1.165, 1.54) is 30.6 Å². The largest absolute Gasteiger partial charge is 0.380 e. The molecule has 1 N–H and O–H groups in total. The van der Waals surface area contributed by atoms with Crippen LogP contribution in [0.3, 0.4) is 0 Å². The van der Waals surface area contributed by atoms with Crippen molar-refractivity contribution in [3.8, 4) is 0 Å². The third kappa shape index (κ3) is 2.90. The Morgan fingerprint density at radius 2 is 2.05 bits per heavy atom. The van der Waals surface area contributed by atoms with E-state index in [1.54, 1.807) is 5.57 Å². The fraction of sp³-hybridized carbons (Fsp3) is 0.556. The van der Waals surface area contributed by atoms with Crippen LogP contribution in [-0.4, -0.2) is 30.6 Å². The van der Waals surface area contributed by atoms with E-state index in [9.17, 15) is 0 Å². The lowest BCUT2D eigenvalue weighted by Gasteiger charge is -2.33. The van der Waals surface area contributed by atoms with Crippen molar-refractivity contribution in [2.45, 2.75) is 39.7 Å². The van der Waals surface area contributed by atoms with Crippen LogP contribution in [0.5, 0.6) is 0 Å². The van der Waals surface area contributed by atoms with Gasteiger partial charge in [0.1, 0.15) is 0 Å². The first-order valence-electron chi connectivity index (χ1n) is 7.79. The lowest BCUT2D eigenvalue weighted by Crippen LogP contribution is -2.39. The van der Waals surface area contributed by atoms with Crippen molar-refractivity contribution in [3.63, 3.8) is 0 Å². The van der Waals surface area contributed by atoms with Crippen LogP contribution in [0.15, 0.2) is 35.9 Å². The number of hydrogen-bond acceptors (Lipinski definition) is 2. The van der Waals surface area contributed by atoms with Crippen LogP contribution in [0.2, 0.25) is 0 Å². The van der Waals surface area contributed by atoms with Crippen LogP contribution in [0.4, 0.5) is 5.69 Å². The lowest BCUT2D eigenvalue weighted by atomic mass is 9.83. The van der Waals surface area contributed by atoms with Gasteiger partial charge in [0, 0.05) is 31.4 Å². The van der Waals surface area contributed by atoms with Crippen LogP contribution in [0.25, 0.3) is 0 Å². The molecule has 0 aromatic heterocycles. The Morgan fingerprint density at radius 1 is 1.25 bits per heavy atom. The third-order valence-electron chi connectivity index (χ3n) is 4.58. The van der Waals surface area contributed by atoms with Crippen molar-refractivity contribution in [3.05, 3.63) is 41.5 Å². The van der Waals surface area contributed by atoms with Crippen molar-refractivity contribution in [2.24, 2.45) is 5.41 Å². The van der Waals surface area contributed by atoms with Gasteiger partial charge >= 0.3 is 0 Å². The quantitative estimate of drug-likeness (QED) is 0.824. The van der Waals surface area contributed by atoms with Gasteiger partial charge in [-0.25, -0.2) is 0 Å². The first-order valence-corrected chi connectivity index (χ1v) is 7.79. The fourth-order valence-corrected chi connectivity index (χ4v) is 3.36. The second kappa shape index (κ2) is 5.25. The molecule has 20 heavy (non-hydrogen) atoms. The van der Waals surface area contributed by atoms with Crippen molar-refractivity contribution < 1.29 is 0 Å². The van der Waals surface area contributed by atoms with Crippen LogP contribution < -0.4 is 5.32 Å². The summed E-state index contributed by atoms with van der Waals surface area (Å²) in [7, 11) is 0. The molecule has 0 spiro atoms. The fourth-order valence-electron chi connectivity index (χ4n) is 3.36. The van der Waals surface area contributed by atoms with Gasteiger partial charge in [-0.1, -0.05) is 50.6 Å². The molecule has 3 rings (SSSR count). The number of hydrogen-bond donors (Lipinski definition) is 1. The highest BCUT2D eigenvalue weighted by Gasteiger charge is 2.25. The predicted molar refractivity (Wildman–Crippen MR) is 86.2 cm³/mol. The van der Waals surface area contributed by atoms with Gasteiger partial charge in [0.05, 0.1) is 0 Å². The average Bonchev–Trinajstić information content (AvgIpc) is 2.80. The summed E-state index contributed by atoms with van der Waals surface area (Å²) in [4.78, 5) is 2.58. The maximum atomic E-state index is 3.66. The smallest absolute Gasteiger partial charge is 0.0429 e. The van der Waals surface area contributed by atoms with Crippen molar-refractivity contribution in [2.75, 3.05) is 25.0 Å². The summed E-state index contributed by atoms with van der Waals surface area (Å²) in [6.07, 6.45) is 4.84. The molecule has 0 amide bonds. The standard InChI is InChI=1S/C18H26N2/c1-18(2,3)15-8-10-20(11-9-15)13-16-12-14-6-4-5-7-17(14)19-16/h4-8,16,19H,9-13H2,1-3H3. The number of nitrogens with one attached hydrogen (secondary N) is 1. The molecule has 0 saturated carbocycles. The number of rotatable bonds is 2. The van der Waals surface area contributed by atoms with Crippen molar-refractivity contribution in [1.82, 2.24) is 4.90 Å². The zero-order chi connectivity index (χ0) is 14.2. The maximum absolute atomic E-state index is 3.66. The Labute approximate surface area is 122 Å². The minimum atomic E-state index is 0.341. The summed E-state index contributed by atoms with van der Waals surface area (Å²) in [5.41, 5.74) is 4.77. The van der Waals surface area contributed by atoms with Gasteiger partial charge in [0.2, 0.25) is 0 Å². The molecule has 1 atom stereocenters. The second-order valence-corrected chi connectivity index (χ2v) is 7.19. The van der Waals surface area contributed by atoms with Crippen LogP contribution in [-0.2, 0) is 6.42 Å². The summed E-state index contributed by atoms with van der Waals surface area (Å²) in [5, 5.41) is 3.66. The van der Waals surface area contributed by atoms with E-state index in [4.69, 9.17) is 0 Å². The van der Waals surface area contributed by atoms with Crippen molar-refractivity contribution in [1.29, 1.82) is 0 Å². The van der Waals surface area contributed by atoms with E-state index < -0.39 is 0 Å². The summed E-state index contributed by atoms with van der Waals surface area (Å²) in [6, 6.07) is 9.28. The number of nitrogens with zero attached hydrogens (tertiary/aromatic N) is 1. The highest BCUT2D eigenvalue weighted by Crippen LogP contribution is 2.31. The molecule has 1 aromatic carbocycles. The average molecular weight is 270 g/mol. The minimum absolute atomic E-state index is 0.341. The summed E-state index contributed by atoms with van der Waals surface area (Å²) < 4.78 is 0. The van der Waals surface area contributed by atoms with E-state index in [2.05, 4.69) is 61.3 Å². The molecular weight excluding hydrogens is 244 g/mol. The Bertz CT molecular complexity index is 485. The summed E-state index contributed by atoms with van der Waals surface area (Å²) in [6.45, 7) is 10.4. The first-order chi connectivity index (χ1) is 9.52. The molecule has 0 aliphatic carbocycles. The number of fused-ring (bicyclic) bond motifs is 1. The third-order valence-corrected chi connectivity index (χ3v) is 4.58. The molecule has 1 unspecified atom stereocenters. The van der Waals surface area contributed by atoms with E-state index in [0.717, 1.165) is 13.1 Å². The summed E-state index contributed by atoms with van der Waals surface area (Å²) >= 11 is 0. The van der Waals surface area contributed by atoms with Gasteiger partial charge in [-0.15, -0.1) is 0 Å². The monoisotopic (exact) mass is 270 g/mol. The number of anilines is 1. The number of benzene rings is 1. The molecule has 2 heteroatoms. The molecule has 2 aliphatic heterocycles. The van der Waals surface area contributed by atoms with Gasteiger partial charge < -0.3 is 5.32 Å². The molecule has 0 saturated heterocycles. The van der Waals surface area contributed by atoms with Gasteiger partial charge in [0.15, 0.2) is 0 Å².